The molecule has 0 N–H and O–H groups in total. The molecule has 8 heteroatoms. The Morgan fingerprint density at radius 2 is 1.60 bits per heavy atom. The van der Waals surface area contributed by atoms with E-state index in [1.807, 2.05) is 30.3 Å². The molecule has 3 aromatic carbocycles. The average molecular weight is 616 g/mol. The van der Waals surface area contributed by atoms with Gasteiger partial charge >= 0.3 is 11.9 Å². The van der Waals surface area contributed by atoms with Gasteiger partial charge in [0.2, 0.25) is 0 Å². The Bertz CT molecular complexity index is 1340. The second kappa shape index (κ2) is 18.2. The highest BCUT2D eigenvalue weighted by Gasteiger charge is 2.17. The molecule has 1 aliphatic rings. The molecule has 45 heavy (non-hydrogen) atoms. The number of anilines is 1. The third-order valence-electron chi connectivity index (χ3n) is 8.40. The van der Waals surface area contributed by atoms with Crippen LogP contribution in [0.25, 0.3) is 0 Å². The van der Waals surface area contributed by atoms with Crippen LogP contribution in [-0.2, 0) is 27.2 Å². The van der Waals surface area contributed by atoms with E-state index in [4.69, 9.17) is 14.2 Å². The second-order valence-corrected chi connectivity index (χ2v) is 11.7. The Kier molecular flexibility index (Phi) is 13.7. The number of hydrogen-bond acceptors (Lipinski definition) is 8. The Morgan fingerprint density at radius 3 is 2.33 bits per heavy atom. The van der Waals surface area contributed by atoms with Crippen LogP contribution in [0.2, 0.25) is 0 Å². The van der Waals surface area contributed by atoms with E-state index >= 15 is 0 Å². The summed E-state index contributed by atoms with van der Waals surface area (Å²) >= 11 is 0. The maximum Gasteiger partial charge on any atom is 0.337 e. The molecule has 242 valence electrons. The van der Waals surface area contributed by atoms with Gasteiger partial charge in [-0.15, -0.1) is 0 Å². The van der Waals surface area contributed by atoms with E-state index in [1.165, 1.54) is 31.0 Å². The Balaban J connectivity index is 1.25. The SMILES string of the molecule is COC(=O)CCCCN(CCc1ccccc1OCCCN1CCN(c2cccc(C)c2)CC1)Cc1ccc(C(=O)OC)cc1. The molecular weight excluding hydrogens is 566 g/mol. The van der Waals surface area contributed by atoms with Gasteiger partial charge in [-0.2, -0.15) is 0 Å². The van der Waals surface area contributed by atoms with E-state index in [1.54, 1.807) is 0 Å². The van der Waals surface area contributed by atoms with Crippen LogP contribution in [0.4, 0.5) is 5.69 Å². The minimum atomic E-state index is -0.335. The van der Waals surface area contributed by atoms with Crippen molar-refractivity contribution in [2.45, 2.75) is 45.6 Å². The second-order valence-electron chi connectivity index (χ2n) is 11.7. The summed E-state index contributed by atoms with van der Waals surface area (Å²) < 4.78 is 16.0. The van der Waals surface area contributed by atoms with Crippen LogP contribution in [0, 0.1) is 6.92 Å². The summed E-state index contributed by atoms with van der Waals surface area (Å²) in [5.74, 6) is 0.448. The highest BCUT2D eigenvalue weighted by Crippen LogP contribution is 2.21. The molecule has 0 atom stereocenters. The summed E-state index contributed by atoms with van der Waals surface area (Å²) in [7, 11) is 2.82. The van der Waals surface area contributed by atoms with Crippen molar-refractivity contribution in [1.29, 1.82) is 0 Å². The Morgan fingerprint density at radius 1 is 0.822 bits per heavy atom. The van der Waals surface area contributed by atoms with Gasteiger partial charge in [-0.25, -0.2) is 4.79 Å². The predicted molar refractivity (Wildman–Crippen MR) is 179 cm³/mol. The number of nitrogens with zero attached hydrogens (tertiary/aromatic N) is 3. The number of piperazine rings is 1. The van der Waals surface area contributed by atoms with Crippen LogP contribution in [0.1, 0.15) is 52.7 Å². The zero-order valence-corrected chi connectivity index (χ0v) is 27.2. The summed E-state index contributed by atoms with van der Waals surface area (Å²) in [6.45, 7) is 10.6. The lowest BCUT2D eigenvalue weighted by Gasteiger charge is -2.36. The van der Waals surface area contributed by atoms with E-state index in [0.717, 1.165) is 89.4 Å². The molecule has 0 spiro atoms. The fourth-order valence-electron chi connectivity index (χ4n) is 5.75. The van der Waals surface area contributed by atoms with Gasteiger partial charge in [0.1, 0.15) is 5.75 Å². The third-order valence-corrected chi connectivity index (χ3v) is 8.40. The Hall–Kier alpha value is -3.88. The number of aryl methyl sites for hydroxylation is 1. The van der Waals surface area contributed by atoms with E-state index in [9.17, 15) is 9.59 Å². The monoisotopic (exact) mass is 615 g/mol. The van der Waals surface area contributed by atoms with Crippen LogP contribution in [0.3, 0.4) is 0 Å². The summed E-state index contributed by atoms with van der Waals surface area (Å²) in [6.07, 6.45) is 3.95. The maximum absolute atomic E-state index is 11.9. The first-order valence-corrected chi connectivity index (χ1v) is 16.2. The number of ether oxygens (including phenoxy) is 3. The molecule has 3 aromatic rings. The van der Waals surface area contributed by atoms with Gasteiger partial charge in [-0.1, -0.05) is 42.5 Å². The van der Waals surface area contributed by atoms with Crippen LogP contribution in [0.5, 0.6) is 5.75 Å². The molecule has 0 amide bonds. The van der Waals surface area contributed by atoms with Gasteiger partial charge in [0.05, 0.1) is 26.4 Å². The normalized spacial score (nSPS) is 13.6. The van der Waals surface area contributed by atoms with Gasteiger partial charge in [0.25, 0.3) is 0 Å². The highest BCUT2D eigenvalue weighted by molar-refractivity contribution is 5.89. The zero-order valence-electron chi connectivity index (χ0n) is 27.2. The highest BCUT2D eigenvalue weighted by atomic mass is 16.5. The van der Waals surface area contributed by atoms with Crippen LogP contribution in [-0.4, -0.2) is 88.4 Å². The first kappa shape index (κ1) is 34.0. The van der Waals surface area contributed by atoms with Crippen molar-refractivity contribution in [3.8, 4) is 5.75 Å². The van der Waals surface area contributed by atoms with E-state index in [-0.39, 0.29) is 11.9 Å². The van der Waals surface area contributed by atoms with Crippen molar-refractivity contribution < 1.29 is 23.8 Å². The van der Waals surface area contributed by atoms with Crippen molar-refractivity contribution >= 4 is 17.6 Å². The number of hydrogen-bond donors (Lipinski definition) is 0. The number of esters is 2. The van der Waals surface area contributed by atoms with Crippen molar-refractivity contribution in [3.05, 3.63) is 95.1 Å². The number of para-hydroxylation sites is 1. The summed E-state index contributed by atoms with van der Waals surface area (Å²) in [5, 5.41) is 0. The summed E-state index contributed by atoms with van der Waals surface area (Å²) in [4.78, 5) is 30.9. The number of carbonyl (C=O) groups excluding carboxylic acids is 2. The van der Waals surface area contributed by atoms with Gasteiger partial charge in [-0.05, 0) is 86.2 Å². The van der Waals surface area contributed by atoms with E-state index in [2.05, 4.69) is 64.1 Å². The summed E-state index contributed by atoms with van der Waals surface area (Å²) in [5.41, 5.74) is 5.50. The zero-order chi connectivity index (χ0) is 31.9. The lowest BCUT2D eigenvalue weighted by molar-refractivity contribution is -0.140. The van der Waals surface area contributed by atoms with Crippen LogP contribution < -0.4 is 9.64 Å². The molecule has 1 saturated heterocycles. The van der Waals surface area contributed by atoms with Crippen molar-refractivity contribution in [2.75, 3.05) is 71.5 Å². The maximum atomic E-state index is 11.9. The molecule has 0 unspecified atom stereocenters. The topological polar surface area (TPSA) is 71.5 Å². The largest absolute Gasteiger partial charge is 0.493 e. The lowest BCUT2D eigenvalue weighted by Crippen LogP contribution is -2.46. The molecule has 1 aliphatic heterocycles. The number of carbonyl (C=O) groups is 2. The molecule has 1 heterocycles. The minimum Gasteiger partial charge on any atom is -0.493 e. The quantitative estimate of drug-likeness (QED) is 0.140. The average Bonchev–Trinajstić information content (AvgIpc) is 3.07. The smallest absolute Gasteiger partial charge is 0.337 e. The molecule has 0 radical (unpaired) electrons. The van der Waals surface area contributed by atoms with Gasteiger partial charge < -0.3 is 19.1 Å². The fourth-order valence-corrected chi connectivity index (χ4v) is 5.75. The molecule has 0 saturated carbocycles. The Labute approximate surface area is 268 Å². The number of unbranched alkanes of at least 4 members (excludes halogenated alkanes) is 1. The molecule has 0 bridgehead atoms. The first-order valence-electron chi connectivity index (χ1n) is 16.2. The fraction of sp³-hybridized carbons (Fsp3) is 0.459. The van der Waals surface area contributed by atoms with Crippen molar-refractivity contribution in [3.63, 3.8) is 0 Å². The molecular formula is C37H49N3O5. The van der Waals surface area contributed by atoms with Crippen molar-refractivity contribution in [2.24, 2.45) is 0 Å². The number of benzene rings is 3. The van der Waals surface area contributed by atoms with E-state index in [0.29, 0.717) is 18.6 Å². The van der Waals surface area contributed by atoms with Gasteiger partial charge in [0, 0.05) is 57.9 Å². The third kappa shape index (κ3) is 11.2. The first-order chi connectivity index (χ1) is 21.9. The van der Waals surface area contributed by atoms with Gasteiger partial charge in [0.15, 0.2) is 0 Å². The lowest BCUT2D eigenvalue weighted by atomic mass is 10.1. The van der Waals surface area contributed by atoms with Crippen LogP contribution in [0.15, 0.2) is 72.8 Å². The standard InChI is InChI=1S/C37H49N3O5/c1-30-10-8-12-34(28-30)40-25-23-38(24-26-40)21-9-27-45-35-13-5-4-11-32(35)19-22-39(20-7-6-14-36(41)43-2)29-31-15-17-33(18-16-31)37(42)44-3/h4-5,8,10-13,15-18,28H,6-7,9,14,19-27,29H2,1-3H3. The van der Waals surface area contributed by atoms with Crippen LogP contribution >= 0.6 is 0 Å². The summed E-state index contributed by atoms with van der Waals surface area (Å²) in [6, 6.07) is 24.7. The minimum absolute atomic E-state index is 0.171. The number of rotatable bonds is 17. The molecule has 0 aliphatic carbocycles. The van der Waals surface area contributed by atoms with Gasteiger partial charge in [-0.3, -0.25) is 14.6 Å². The van der Waals surface area contributed by atoms with Crippen molar-refractivity contribution in [1.82, 2.24) is 9.80 Å². The molecule has 0 aromatic heterocycles. The number of methoxy groups -OCH3 is 2. The molecule has 1 fully saturated rings. The molecule has 8 nitrogen and oxygen atoms in total. The predicted octanol–water partition coefficient (Wildman–Crippen LogP) is 5.76. The van der Waals surface area contributed by atoms with E-state index < -0.39 is 0 Å². The molecule has 4 rings (SSSR count).